The molecule has 0 aliphatic heterocycles. The lowest BCUT2D eigenvalue weighted by Gasteiger charge is -2.16. The molecule has 1 heterocycles. The number of aromatic nitrogens is 1. The number of benzene rings is 3. The van der Waals surface area contributed by atoms with Gasteiger partial charge in [-0.2, -0.15) is 0 Å². The Morgan fingerprint density at radius 2 is 1.59 bits per heavy atom. The molecular formula is C30H28FN3O5. The van der Waals surface area contributed by atoms with Crippen molar-refractivity contribution in [3.8, 4) is 23.0 Å². The number of hydrogen-bond acceptors (Lipinski definition) is 6. The normalized spacial score (nSPS) is 13.5. The summed E-state index contributed by atoms with van der Waals surface area (Å²) in [7, 11) is 0. The number of unbranched alkanes of at least 4 members (excludes halogenated alkanes) is 1. The summed E-state index contributed by atoms with van der Waals surface area (Å²) in [5.41, 5.74) is 0.359. The largest absolute Gasteiger partial charge is 0.504 e. The Kier molecular flexibility index (Phi) is 7.31. The van der Waals surface area contributed by atoms with Crippen LogP contribution in [0.15, 0.2) is 72.9 Å². The molecule has 0 atom stereocenters. The highest BCUT2D eigenvalue weighted by Gasteiger charge is 2.56. The van der Waals surface area contributed by atoms with E-state index in [1.54, 1.807) is 48.7 Å². The molecular weight excluding hydrogens is 501 g/mol. The molecule has 0 saturated heterocycles. The topological polar surface area (TPSA) is 110 Å². The maximum absolute atomic E-state index is 13.1. The molecule has 3 N–H and O–H groups in total. The lowest BCUT2D eigenvalue weighted by atomic mass is 10.0. The first-order chi connectivity index (χ1) is 18.9. The van der Waals surface area contributed by atoms with Crippen molar-refractivity contribution in [1.29, 1.82) is 0 Å². The van der Waals surface area contributed by atoms with E-state index in [4.69, 9.17) is 9.47 Å². The maximum atomic E-state index is 13.1. The third-order valence-corrected chi connectivity index (χ3v) is 6.60. The zero-order valence-corrected chi connectivity index (χ0v) is 21.4. The molecule has 1 saturated carbocycles. The standard InChI is InChI=1S/C30H28FN3O5/c1-2-3-16-38-27-17-23-24(18-25(27)35)32-15-12-26(23)39-22-10-8-21(9-11-22)34-29(37)30(13-14-30)28(36)33-20-6-4-19(31)5-7-20/h4-12,15,17-18,35H,2-3,13-14,16H2,1H3,(H,33,36)(H,34,37). The molecule has 4 aromatic rings. The number of halogens is 1. The van der Waals surface area contributed by atoms with Gasteiger partial charge in [0, 0.05) is 29.0 Å². The van der Waals surface area contributed by atoms with E-state index in [0.29, 0.717) is 59.0 Å². The molecule has 2 amide bonds. The molecule has 200 valence electrons. The van der Waals surface area contributed by atoms with Gasteiger partial charge in [0.15, 0.2) is 11.5 Å². The highest BCUT2D eigenvalue weighted by Crippen LogP contribution is 2.47. The van der Waals surface area contributed by atoms with E-state index in [1.165, 1.54) is 24.3 Å². The quantitative estimate of drug-likeness (QED) is 0.162. The van der Waals surface area contributed by atoms with Crippen LogP contribution < -0.4 is 20.1 Å². The van der Waals surface area contributed by atoms with E-state index in [1.807, 2.05) is 0 Å². The molecule has 5 rings (SSSR count). The molecule has 1 aliphatic carbocycles. The number of carbonyl (C=O) groups excluding carboxylic acids is 2. The highest BCUT2D eigenvalue weighted by molar-refractivity contribution is 6.16. The molecule has 3 aromatic carbocycles. The summed E-state index contributed by atoms with van der Waals surface area (Å²) in [6.45, 7) is 2.56. The van der Waals surface area contributed by atoms with E-state index < -0.39 is 23.0 Å². The number of nitrogens with one attached hydrogen (secondary N) is 2. The SMILES string of the molecule is CCCCOc1cc2c(Oc3ccc(NC(=O)C4(C(=O)Nc5ccc(F)cc5)CC4)cc3)ccnc2cc1O. The number of carbonyl (C=O) groups is 2. The van der Waals surface area contributed by atoms with Crippen LogP contribution in [0, 0.1) is 11.2 Å². The second-order valence-electron chi connectivity index (χ2n) is 9.47. The number of phenolic OH excluding ortho intramolecular Hbond substituents is 1. The third-order valence-electron chi connectivity index (χ3n) is 6.60. The van der Waals surface area contributed by atoms with Crippen molar-refractivity contribution in [2.24, 2.45) is 5.41 Å². The van der Waals surface area contributed by atoms with E-state index >= 15 is 0 Å². The summed E-state index contributed by atoms with van der Waals surface area (Å²) in [5, 5.41) is 16.5. The minimum Gasteiger partial charge on any atom is -0.504 e. The highest BCUT2D eigenvalue weighted by atomic mass is 19.1. The van der Waals surface area contributed by atoms with Crippen molar-refractivity contribution >= 4 is 34.1 Å². The number of fused-ring (bicyclic) bond motifs is 1. The van der Waals surface area contributed by atoms with Crippen LogP contribution in [0.1, 0.15) is 32.6 Å². The Bertz CT molecular complexity index is 1500. The molecule has 9 heteroatoms. The fraction of sp³-hybridized carbons (Fsp3) is 0.233. The lowest BCUT2D eigenvalue weighted by Crippen LogP contribution is -2.35. The van der Waals surface area contributed by atoms with Gasteiger partial charge in [0.2, 0.25) is 11.8 Å². The van der Waals surface area contributed by atoms with Crippen molar-refractivity contribution in [2.45, 2.75) is 32.6 Å². The van der Waals surface area contributed by atoms with Crippen molar-refractivity contribution in [3.63, 3.8) is 0 Å². The summed E-state index contributed by atoms with van der Waals surface area (Å²) in [4.78, 5) is 30.0. The molecule has 1 fully saturated rings. The number of pyridine rings is 1. The van der Waals surface area contributed by atoms with Crippen LogP contribution in [0.2, 0.25) is 0 Å². The van der Waals surface area contributed by atoms with Crippen LogP contribution in [-0.4, -0.2) is 28.5 Å². The van der Waals surface area contributed by atoms with Crippen molar-refractivity contribution < 1.29 is 28.6 Å². The maximum Gasteiger partial charge on any atom is 0.240 e. The van der Waals surface area contributed by atoms with Gasteiger partial charge in [-0.05, 0) is 79.9 Å². The molecule has 1 aliphatic rings. The van der Waals surface area contributed by atoms with E-state index in [9.17, 15) is 19.1 Å². The number of ether oxygens (including phenoxy) is 2. The molecule has 0 radical (unpaired) electrons. The molecule has 0 bridgehead atoms. The number of hydrogen-bond donors (Lipinski definition) is 3. The zero-order chi connectivity index (χ0) is 27.4. The van der Waals surface area contributed by atoms with Gasteiger partial charge >= 0.3 is 0 Å². The van der Waals surface area contributed by atoms with E-state index in [2.05, 4.69) is 22.5 Å². The molecule has 1 aromatic heterocycles. The average Bonchev–Trinajstić information content (AvgIpc) is 3.74. The van der Waals surface area contributed by atoms with Crippen LogP contribution in [0.5, 0.6) is 23.0 Å². The smallest absolute Gasteiger partial charge is 0.240 e. The number of aromatic hydroxyl groups is 1. The van der Waals surface area contributed by atoms with Crippen LogP contribution in [0.4, 0.5) is 15.8 Å². The van der Waals surface area contributed by atoms with E-state index in [-0.39, 0.29) is 5.75 Å². The first kappa shape index (κ1) is 26.0. The fourth-order valence-corrected chi connectivity index (χ4v) is 4.12. The Morgan fingerprint density at radius 3 is 2.21 bits per heavy atom. The summed E-state index contributed by atoms with van der Waals surface area (Å²) in [5.74, 6) is 0.222. The number of phenols is 1. The fourth-order valence-electron chi connectivity index (χ4n) is 4.12. The van der Waals surface area contributed by atoms with Gasteiger partial charge in [-0.25, -0.2) is 4.39 Å². The van der Waals surface area contributed by atoms with Gasteiger partial charge in [0.1, 0.15) is 22.7 Å². The second kappa shape index (κ2) is 11.0. The predicted octanol–water partition coefficient (Wildman–Crippen LogP) is 6.41. The van der Waals surface area contributed by atoms with Crippen LogP contribution in [0.25, 0.3) is 10.9 Å². The average molecular weight is 530 g/mol. The summed E-state index contributed by atoms with van der Waals surface area (Å²) in [6, 6.07) is 17.2. The summed E-state index contributed by atoms with van der Waals surface area (Å²) in [6.07, 6.45) is 4.31. The van der Waals surface area contributed by atoms with Gasteiger partial charge in [0.25, 0.3) is 0 Å². The first-order valence-corrected chi connectivity index (χ1v) is 12.8. The first-order valence-electron chi connectivity index (χ1n) is 12.8. The zero-order valence-electron chi connectivity index (χ0n) is 21.4. The molecule has 39 heavy (non-hydrogen) atoms. The summed E-state index contributed by atoms with van der Waals surface area (Å²) >= 11 is 0. The Labute approximate surface area is 224 Å². The van der Waals surface area contributed by atoms with Gasteiger partial charge in [-0.1, -0.05) is 13.3 Å². The molecule has 0 unspecified atom stereocenters. The number of anilines is 2. The number of amides is 2. The minimum atomic E-state index is -1.15. The third kappa shape index (κ3) is 5.77. The van der Waals surface area contributed by atoms with Gasteiger partial charge in [-0.15, -0.1) is 0 Å². The van der Waals surface area contributed by atoms with Crippen LogP contribution in [-0.2, 0) is 9.59 Å². The lowest BCUT2D eigenvalue weighted by molar-refractivity contribution is -0.131. The van der Waals surface area contributed by atoms with E-state index in [0.717, 1.165) is 12.8 Å². The van der Waals surface area contributed by atoms with Crippen LogP contribution in [0.3, 0.4) is 0 Å². The second-order valence-corrected chi connectivity index (χ2v) is 9.47. The Hall–Kier alpha value is -4.66. The summed E-state index contributed by atoms with van der Waals surface area (Å²) < 4.78 is 24.9. The molecule has 0 spiro atoms. The Morgan fingerprint density at radius 1 is 0.949 bits per heavy atom. The van der Waals surface area contributed by atoms with Gasteiger partial charge in [0.05, 0.1) is 12.1 Å². The minimum absolute atomic E-state index is 0.0168. The van der Waals surface area contributed by atoms with Crippen LogP contribution >= 0.6 is 0 Å². The van der Waals surface area contributed by atoms with Crippen molar-refractivity contribution in [2.75, 3.05) is 17.2 Å². The van der Waals surface area contributed by atoms with Gasteiger partial charge < -0.3 is 25.2 Å². The van der Waals surface area contributed by atoms with Gasteiger partial charge in [-0.3, -0.25) is 14.6 Å². The Balaban J connectivity index is 1.25. The number of nitrogens with zero attached hydrogens (tertiary/aromatic N) is 1. The number of rotatable bonds is 10. The molecule has 8 nitrogen and oxygen atoms in total. The van der Waals surface area contributed by atoms with Crippen molar-refractivity contribution in [1.82, 2.24) is 4.98 Å². The van der Waals surface area contributed by atoms with Crippen molar-refractivity contribution in [3.05, 3.63) is 78.7 Å². The monoisotopic (exact) mass is 529 g/mol. The predicted molar refractivity (Wildman–Crippen MR) is 146 cm³/mol.